The minimum Gasteiger partial charge on any atom is -0.399 e. The number of hydrogen-bond donors (Lipinski definition) is 0. The van der Waals surface area contributed by atoms with Crippen LogP contribution in [0.1, 0.15) is 27.7 Å². The number of nitrogens with zero attached hydrogens (tertiary/aromatic N) is 1. The van der Waals surface area contributed by atoms with E-state index in [9.17, 15) is 0 Å². The van der Waals surface area contributed by atoms with Gasteiger partial charge >= 0.3 is 7.12 Å². The first-order valence-corrected chi connectivity index (χ1v) is 173. The standard InChI is InChI=1S/C36H34BNO2.S107/c1-35(2)36(3,4)40-37(39-35)31-16-11-17-34(26-31)38(32-22-18-29(19-23-32)27-12-7-5-8-13-27)33-24-20-30(21-25-33)28-14-9-6-10-15-28;1-3-5-7-9-11-13-15-17-19-21-23-25-27-29-31-33-35-37-39-41-43-45-47-49-51-53-55-57-59-61-63-65-67-69-71-73-75-77-79-81-83-85-87-89-91-93-95-97-99-101-103-105-107-106-104-102-100-98-96-94-92-90-88-86-84-82-80-78-76-74-72-70-68-66-64-62-60-58-56-54-52-50-48-46-44-42-40-38-36-34-32-30-28-26-24-22-20-18-16-14-12-10-8-6-4-2/h5-26H,1-4H3;. The second kappa shape index (κ2) is 123. The van der Waals surface area contributed by atoms with Crippen LogP contribution >= 0.6 is 0 Å². The summed E-state index contributed by atoms with van der Waals surface area (Å²) in [6.45, 7) is 8.36. The van der Waals surface area contributed by atoms with Gasteiger partial charge in [-0.15, -0.1) is 0 Å². The lowest BCUT2D eigenvalue weighted by Crippen LogP contribution is -2.41. The molecule has 0 unspecified atom stereocenters. The highest BCUT2D eigenvalue weighted by Gasteiger charge is 2.51. The van der Waals surface area contributed by atoms with Crippen LogP contribution in [0.15, 0.2) is 133 Å². The maximum atomic E-state index is 6.38. The molecule has 0 N–H and O–H groups in total. The van der Waals surface area contributed by atoms with Crippen LogP contribution in [0.5, 0.6) is 0 Å². The summed E-state index contributed by atoms with van der Waals surface area (Å²) in [5.41, 5.74) is 8.21. The Morgan fingerprint density at radius 2 is 0.293 bits per heavy atom. The summed E-state index contributed by atoms with van der Waals surface area (Å²) in [6.07, 6.45) is 0. The van der Waals surface area contributed by atoms with Crippen LogP contribution in [0.25, 0.3) is 22.3 Å². The highest BCUT2D eigenvalue weighted by molar-refractivity contribution is 8.88. The Morgan fingerprint density at radius 3 is 0.435 bits per heavy atom. The van der Waals surface area contributed by atoms with E-state index >= 15 is 0 Å². The second-order valence-corrected chi connectivity index (χ2v) is 204. The molecule has 0 amide bonds. The Bertz CT molecular complexity index is 10600. The third-order valence-corrected chi connectivity index (χ3v) is 242. The molecule has 0 spiro atoms. The van der Waals surface area contributed by atoms with Gasteiger partial charge in [-0.05, 0) is 91.8 Å². The molecule has 0 atom stereocenters. The van der Waals surface area contributed by atoms with Crippen molar-refractivity contribution in [3.63, 3.8) is 0 Å². The zero-order chi connectivity index (χ0) is 104. The molecule has 111 heteroatoms. The van der Waals surface area contributed by atoms with Crippen molar-refractivity contribution in [3.05, 3.63) is 133 Å². The predicted octanol–water partition coefficient (Wildman–Crippen LogP) is 8.53. The Kier molecular flexibility index (Phi) is 132. The van der Waals surface area contributed by atoms with E-state index in [4.69, 9.17) is 31.7 Å². The molecule has 1 heterocycles. The molecule has 1 fully saturated rings. The lowest BCUT2D eigenvalue weighted by Gasteiger charge is -2.32. The lowest BCUT2D eigenvalue weighted by atomic mass is 9.79. The molecule has 147 heavy (non-hydrogen) atoms. The van der Waals surface area contributed by atoms with E-state index in [1.54, 1.807) is 107 Å². The molecule has 0 aliphatic carbocycles. The van der Waals surface area contributed by atoms with Gasteiger partial charge in [0, 0.05) is 972 Å². The summed E-state index contributed by atoms with van der Waals surface area (Å²) in [7, 11) is 190. The Morgan fingerprint density at radius 1 is 0.156 bits per heavy atom. The first-order chi connectivity index (χ1) is 72.7. The highest BCUT2D eigenvalue weighted by atomic mass is 33.6. The van der Waals surface area contributed by atoms with Gasteiger partial charge in [-0.1, -0.05) is 97.1 Å². The fourth-order valence-corrected chi connectivity index (χ4v) is 289. The van der Waals surface area contributed by atoms with Crippen LogP contribution in [0.3, 0.4) is 0 Å². The summed E-state index contributed by atoms with van der Waals surface area (Å²) in [5.74, 6) is 0. The third-order valence-electron chi connectivity index (χ3n) is 11.0. The van der Waals surface area contributed by atoms with E-state index in [0.717, 1.165) is 22.5 Å². The van der Waals surface area contributed by atoms with E-state index in [-0.39, 0.29) is 0 Å². The molecule has 5 aromatic rings. The summed E-state index contributed by atoms with van der Waals surface area (Å²) in [5, 5.41) is 0. The van der Waals surface area contributed by atoms with E-state index in [0.29, 0.717) is 0 Å². The molecular weight excluding hydrogens is 3920 g/mol. The van der Waals surface area contributed by atoms with Gasteiger partial charge in [0.25, 0.3) is 0 Å². The van der Waals surface area contributed by atoms with Crippen molar-refractivity contribution in [1.29, 1.82) is 0 Å². The van der Waals surface area contributed by atoms with Crippen LogP contribution in [0.4, 0.5) is 17.1 Å². The summed E-state index contributed by atoms with van der Waals surface area (Å²) in [4.78, 5) is 2.29. The number of hydrogen-bond acceptors (Lipinski definition) is 5. The third kappa shape index (κ3) is 97.9. The number of anilines is 3. The van der Waals surface area contributed by atoms with Crippen LogP contribution < -0.4 is 10.4 Å². The first-order valence-electron chi connectivity index (χ1n) is 31.5. The van der Waals surface area contributed by atoms with Gasteiger partial charge < -0.3 is 14.2 Å². The minimum atomic E-state index is -0.423. The lowest BCUT2D eigenvalue weighted by molar-refractivity contribution is 0.00578. The first kappa shape index (κ1) is 157. The molecule has 0 saturated carbocycles. The van der Waals surface area contributed by atoms with Crippen LogP contribution in [-0.4, -0.2) is 18.3 Å². The highest BCUT2D eigenvalue weighted by Crippen LogP contribution is 2.39. The number of rotatable bonds is 6. The van der Waals surface area contributed by atoms with Gasteiger partial charge in [-0.3, -0.25) is 0 Å². The predicted molar refractivity (Wildman–Crippen MR) is 956 cm³/mol. The molecule has 3 nitrogen and oxygen atoms in total. The summed E-state index contributed by atoms with van der Waals surface area (Å²) >= 11 is 9.66. The average molecular weight is 3950 g/mol. The molecule has 840 valence electrons. The maximum Gasteiger partial charge on any atom is 0.494 e. The molecule has 0 radical (unpaired) electrons. The average Bonchev–Trinajstić information content (AvgIpc) is 1.68. The Labute approximate surface area is 1160 Å². The topological polar surface area (TPSA) is 21.7 Å². The van der Waals surface area contributed by atoms with Crippen LogP contribution in [-0.2, 0) is 964 Å². The Hall–Kier alpha value is 19.4. The van der Waals surface area contributed by atoms with Gasteiger partial charge in [0.2, 0.25) is 0 Å². The second-order valence-electron chi connectivity index (χ2n) is 18.5. The summed E-state index contributed by atoms with van der Waals surface area (Å²) < 4.78 is 12.8. The SMILES string of the molecule is CC1(C)OB(c2cccc(N(c3ccc(-c4ccccc4)cc3)c3ccc(-c4ccccc4)cc3)c2)OC1(C)C.S=S=S=S=S=S=S=S=S=S=S=S=S=S=S=S=S=S=S=S=S=S=S=S=S=S=S=S=S=S=S=S=S=S=S=S=S=S=S=S=S=S=S=S=S=S=S=S=S=S=S=S=S=S=S=S=S=S=S=S=S=S=S=S=S=S=S=S=S=S=S=S=S=S=S=S=S=S=S=S=S=S=S=S=S=S=S=S=S=S=S=S=S=S=S=S=S=S=S=S=S=S=S=S=S=S=S. The maximum absolute atomic E-state index is 6.38. The van der Waals surface area contributed by atoms with E-state index in [2.05, 4.69) is 154 Å². The van der Waals surface area contributed by atoms with Gasteiger partial charge in [0.05, 0.1) is 11.2 Å². The zero-order valence-electron chi connectivity index (χ0n) is 67.2. The van der Waals surface area contributed by atoms with Crippen molar-refractivity contribution in [1.82, 2.24) is 0 Å². The van der Waals surface area contributed by atoms with Crippen LogP contribution in [0, 0.1) is 0 Å². The quantitative estimate of drug-likeness (QED) is 0.159. The van der Waals surface area contributed by atoms with Crippen molar-refractivity contribution >= 4 is 984 Å². The van der Waals surface area contributed by atoms with Gasteiger partial charge in [0.1, 0.15) is 0 Å². The van der Waals surface area contributed by atoms with Gasteiger partial charge in [0.15, 0.2) is 0 Å². The van der Waals surface area contributed by atoms with Crippen molar-refractivity contribution in [2.45, 2.75) is 38.9 Å². The largest absolute Gasteiger partial charge is 0.494 e. The zero-order valence-corrected chi connectivity index (χ0v) is 155. The Balaban J connectivity index is 0.000000773. The summed E-state index contributed by atoms with van der Waals surface area (Å²) in [6, 6.07) is 47.0. The van der Waals surface area contributed by atoms with Gasteiger partial charge in [-0.25, -0.2) is 0 Å². The molecule has 1 aliphatic rings. The molecular formula is C36H34BNO2S107. The van der Waals surface area contributed by atoms with E-state index in [1.165, 1.54) is 40.0 Å². The van der Waals surface area contributed by atoms with E-state index < -0.39 is 18.3 Å². The molecule has 1 aliphatic heterocycles. The molecule has 0 aromatic heterocycles. The molecule has 1 saturated heterocycles. The van der Waals surface area contributed by atoms with Crippen molar-refractivity contribution in [2.24, 2.45) is 0 Å². The van der Waals surface area contributed by atoms with Crippen LogP contribution in [0.2, 0.25) is 0 Å². The molecule has 5 aromatic carbocycles. The van der Waals surface area contributed by atoms with E-state index in [1.807, 2.05) is 820 Å². The molecule has 0 bridgehead atoms. The smallest absolute Gasteiger partial charge is 0.399 e. The van der Waals surface area contributed by atoms with Gasteiger partial charge in [-0.2, -0.15) is 0 Å². The normalized spacial score (nSPS) is 10.0. The monoisotopic (exact) mass is 3940 g/mol. The van der Waals surface area contributed by atoms with Crippen molar-refractivity contribution in [3.8, 4) is 22.3 Å². The minimum absolute atomic E-state index is 0.395. The van der Waals surface area contributed by atoms with Crippen molar-refractivity contribution in [2.75, 3.05) is 4.90 Å². The number of benzene rings is 5. The van der Waals surface area contributed by atoms with Crippen molar-refractivity contribution < 1.29 is 9.31 Å². The fourth-order valence-electron chi connectivity index (χ4n) is 6.27. The molecule has 6 rings (SSSR count). The fraction of sp³-hybridized carbons (Fsp3) is 0.167.